The molecule has 1 amide bonds. The maximum atomic E-state index is 11.6. The number of carbonyl (C=O) groups is 2. The molecule has 0 spiro atoms. The third kappa shape index (κ3) is 2.75. The lowest BCUT2D eigenvalue weighted by atomic mass is 9.90. The SMILES string of the molecule is C[C@@H](C(=O)O)[C@@H]1NC(=O)[C@H]1O[Si](C)(C)C(C)(C)C. The van der Waals surface area contributed by atoms with E-state index in [2.05, 4.69) is 39.2 Å². The van der Waals surface area contributed by atoms with E-state index in [0.717, 1.165) is 0 Å². The van der Waals surface area contributed by atoms with Gasteiger partial charge in [-0.2, -0.15) is 0 Å². The molecule has 5 nitrogen and oxygen atoms in total. The van der Waals surface area contributed by atoms with Crippen LogP contribution in [0.5, 0.6) is 0 Å². The second-order valence-corrected chi connectivity index (χ2v) is 11.2. The Bertz CT molecular complexity index is 362. The monoisotopic (exact) mass is 273 g/mol. The second kappa shape index (κ2) is 4.66. The Labute approximate surface area is 109 Å². The molecule has 2 N–H and O–H groups in total. The predicted octanol–water partition coefficient (Wildman–Crippen LogP) is 1.60. The Kier molecular flexibility index (Phi) is 3.93. The zero-order valence-corrected chi connectivity index (χ0v) is 12.9. The van der Waals surface area contributed by atoms with Crippen LogP contribution in [0.1, 0.15) is 27.7 Å². The van der Waals surface area contributed by atoms with Gasteiger partial charge < -0.3 is 14.8 Å². The summed E-state index contributed by atoms with van der Waals surface area (Å²) in [5, 5.41) is 11.6. The molecule has 18 heavy (non-hydrogen) atoms. The molecule has 0 aliphatic carbocycles. The Morgan fingerprint density at radius 2 is 1.94 bits per heavy atom. The van der Waals surface area contributed by atoms with E-state index in [4.69, 9.17) is 9.53 Å². The molecule has 0 radical (unpaired) electrons. The third-order valence-electron chi connectivity index (χ3n) is 4.05. The predicted molar refractivity (Wildman–Crippen MR) is 70.8 cm³/mol. The largest absolute Gasteiger partial charge is 0.481 e. The molecular weight excluding hydrogens is 250 g/mol. The van der Waals surface area contributed by atoms with E-state index in [9.17, 15) is 9.59 Å². The summed E-state index contributed by atoms with van der Waals surface area (Å²) in [5.74, 6) is -1.74. The number of rotatable bonds is 4. The minimum absolute atomic E-state index is 0.000117. The fourth-order valence-corrected chi connectivity index (χ4v) is 2.79. The van der Waals surface area contributed by atoms with Gasteiger partial charge in [0.25, 0.3) is 0 Å². The summed E-state index contributed by atoms with van der Waals surface area (Å²) in [4.78, 5) is 22.5. The second-order valence-electron chi connectivity index (χ2n) is 6.46. The average molecular weight is 273 g/mol. The van der Waals surface area contributed by atoms with E-state index in [-0.39, 0.29) is 10.9 Å². The van der Waals surface area contributed by atoms with Gasteiger partial charge in [0.05, 0.1) is 12.0 Å². The molecule has 3 atom stereocenters. The number of carbonyl (C=O) groups excluding carboxylic acids is 1. The van der Waals surface area contributed by atoms with Gasteiger partial charge in [-0.25, -0.2) is 0 Å². The first-order valence-electron chi connectivity index (χ1n) is 6.18. The molecule has 1 rings (SSSR count). The first kappa shape index (κ1) is 15.2. The van der Waals surface area contributed by atoms with Crippen molar-refractivity contribution in [2.24, 2.45) is 5.92 Å². The van der Waals surface area contributed by atoms with Crippen molar-refractivity contribution in [2.75, 3.05) is 0 Å². The van der Waals surface area contributed by atoms with Gasteiger partial charge >= 0.3 is 5.97 Å². The van der Waals surface area contributed by atoms with E-state index in [1.807, 2.05) is 0 Å². The molecule has 1 aliphatic heterocycles. The number of carboxylic acid groups (broad SMARTS) is 1. The fraction of sp³-hybridized carbons (Fsp3) is 0.833. The van der Waals surface area contributed by atoms with Gasteiger partial charge in [-0.15, -0.1) is 0 Å². The summed E-state index contributed by atoms with van der Waals surface area (Å²) in [6.45, 7) is 12.0. The molecule has 0 unspecified atom stereocenters. The van der Waals surface area contributed by atoms with Crippen molar-refractivity contribution in [3.05, 3.63) is 0 Å². The summed E-state index contributed by atoms with van der Waals surface area (Å²) in [6, 6.07) is -0.413. The normalized spacial score (nSPS) is 26.2. The number of β-lactam (4-membered cyclic amide) rings is 1. The van der Waals surface area contributed by atoms with Gasteiger partial charge in [0, 0.05) is 0 Å². The first-order chi connectivity index (χ1) is 7.97. The number of aliphatic carboxylic acids is 1. The lowest BCUT2D eigenvalue weighted by molar-refractivity contribution is -0.152. The molecule has 0 aromatic rings. The minimum atomic E-state index is -2.06. The highest BCUT2D eigenvalue weighted by Gasteiger charge is 2.50. The molecule has 1 aliphatic rings. The first-order valence-corrected chi connectivity index (χ1v) is 9.09. The van der Waals surface area contributed by atoms with Crippen LogP contribution in [0.15, 0.2) is 0 Å². The van der Waals surface area contributed by atoms with Crippen LogP contribution >= 0.6 is 0 Å². The van der Waals surface area contributed by atoms with Crippen molar-refractivity contribution in [3.8, 4) is 0 Å². The van der Waals surface area contributed by atoms with Crippen molar-refractivity contribution in [1.29, 1.82) is 0 Å². The van der Waals surface area contributed by atoms with Crippen LogP contribution in [0.4, 0.5) is 0 Å². The molecule has 104 valence electrons. The molecule has 1 saturated heterocycles. The lowest BCUT2D eigenvalue weighted by Gasteiger charge is -2.46. The van der Waals surface area contributed by atoms with E-state index < -0.39 is 32.4 Å². The smallest absolute Gasteiger partial charge is 0.308 e. The molecular formula is C12H23NO4Si. The maximum absolute atomic E-state index is 11.6. The van der Waals surface area contributed by atoms with E-state index >= 15 is 0 Å². The number of hydrogen-bond acceptors (Lipinski definition) is 3. The summed E-state index contributed by atoms with van der Waals surface area (Å²) in [6.07, 6.45) is -0.614. The van der Waals surface area contributed by atoms with Crippen LogP contribution < -0.4 is 5.32 Å². The fourth-order valence-electron chi connectivity index (χ4n) is 1.55. The van der Waals surface area contributed by atoms with Gasteiger partial charge in [-0.1, -0.05) is 20.8 Å². The van der Waals surface area contributed by atoms with Gasteiger partial charge in [-0.3, -0.25) is 9.59 Å². The average Bonchev–Trinajstić information content (AvgIpc) is 2.20. The zero-order valence-electron chi connectivity index (χ0n) is 11.9. The molecule has 0 saturated carbocycles. The van der Waals surface area contributed by atoms with Crippen LogP contribution in [0.3, 0.4) is 0 Å². The maximum Gasteiger partial charge on any atom is 0.308 e. The van der Waals surface area contributed by atoms with Gasteiger partial charge in [0.1, 0.15) is 6.10 Å². The quantitative estimate of drug-likeness (QED) is 0.602. The standard InChI is InChI=1S/C12H23NO4Si/c1-7(11(15)16)8-9(10(14)13-8)17-18(5,6)12(2,3)4/h7-9H,1-6H3,(H,13,14)(H,15,16)/t7-,8+,9+/m1/s1. The van der Waals surface area contributed by atoms with E-state index in [1.54, 1.807) is 6.92 Å². The van der Waals surface area contributed by atoms with Gasteiger partial charge in [0.2, 0.25) is 5.91 Å². The van der Waals surface area contributed by atoms with Crippen LogP contribution in [-0.2, 0) is 14.0 Å². The van der Waals surface area contributed by atoms with Gasteiger partial charge in [0.15, 0.2) is 8.32 Å². The molecule has 0 aromatic carbocycles. The molecule has 6 heteroatoms. The van der Waals surface area contributed by atoms with Crippen molar-refractivity contribution < 1.29 is 19.1 Å². The Morgan fingerprint density at radius 3 is 2.28 bits per heavy atom. The summed E-state index contributed by atoms with van der Waals surface area (Å²) in [5.41, 5.74) is 0. The molecule has 1 fully saturated rings. The van der Waals surface area contributed by atoms with Gasteiger partial charge in [-0.05, 0) is 25.1 Å². The van der Waals surface area contributed by atoms with Crippen molar-refractivity contribution in [2.45, 2.75) is 58.0 Å². The van der Waals surface area contributed by atoms with Crippen LogP contribution in [0.25, 0.3) is 0 Å². The highest BCUT2D eigenvalue weighted by Crippen LogP contribution is 2.39. The summed E-state index contributed by atoms with van der Waals surface area (Å²) < 4.78 is 6.00. The summed E-state index contributed by atoms with van der Waals surface area (Å²) >= 11 is 0. The Hall–Kier alpha value is -0.883. The lowest BCUT2D eigenvalue weighted by Crippen LogP contribution is -2.69. The topological polar surface area (TPSA) is 75.6 Å². The third-order valence-corrected chi connectivity index (χ3v) is 8.51. The molecule has 1 heterocycles. The van der Waals surface area contributed by atoms with Crippen LogP contribution in [0.2, 0.25) is 18.1 Å². The van der Waals surface area contributed by atoms with Crippen LogP contribution in [0, 0.1) is 5.92 Å². The highest BCUT2D eigenvalue weighted by atomic mass is 28.4. The number of nitrogens with one attached hydrogen (secondary N) is 1. The Balaban J connectivity index is 2.77. The molecule has 0 bridgehead atoms. The highest BCUT2D eigenvalue weighted by molar-refractivity contribution is 6.74. The van der Waals surface area contributed by atoms with E-state index in [1.165, 1.54) is 0 Å². The van der Waals surface area contributed by atoms with Crippen molar-refractivity contribution >= 4 is 20.2 Å². The minimum Gasteiger partial charge on any atom is -0.481 e. The van der Waals surface area contributed by atoms with Crippen molar-refractivity contribution in [3.63, 3.8) is 0 Å². The van der Waals surface area contributed by atoms with Crippen molar-refractivity contribution in [1.82, 2.24) is 5.32 Å². The van der Waals surface area contributed by atoms with E-state index in [0.29, 0.717) is 0 Å². The number of hydrogen-bond donors (Lipinski definition) is 2. The number of carboxylic acids is 1. The molecule has 0 aromatic heterocycles. The zero-order chi connectivity index (χ0) is 14.3. The van der Waals surface area contributed by atoms with Crippen LogP contribution in [-0.4, -0.2) is 37.4 Å². The number of amides is 1. The summed E-state index contributed by atoms with van der Waals surface area (Å²) in [7, 11) is -2.06. The Morgan fingerprint density at radius 1 is 1.44 bits per heavy atom.